The number of fused-ring (bicyclic) bond motifs is 1. The van der Waals surface area contributed by atoms with Gasteiger partial charge >= 0.3 is 6.18 Å². The Morgan fingerprint density at radius 3 is 2.57 bits per heavy atom. The van der Waals surface area contributed by atoms with Gasteiger partial charge in [0.25, 0.3) is 0 Å². The Bertz CT molecular complexity index is 1320. The number of hydrogen-bond donors (Lipinski definition) is 1. The summed E-state index contributed by atoms with van der Waals surface area (Å²) in [5.41, 5.74) is -0.113. The number of benzene rings is 2. The summed E-state index contributed by atoms with van der Waals surface area (Å²) in [5.74, 6) is 0.430. The summed E-state index contributed by atoms with van der Waals surface area (Å²) in [4.78, 5) is 17.3. The molecule has 42 heavy (non-hydrogen) atoms. The molecule has 0 bridgehead atoms. The fourth-order valence-electron chi connectivity index (χ4n) is 6.30. The summed E-state index contributed by atoms with van der Waals surface area (Å²) in [5, 5.41) is 12.2. The Morgan fingerprint density at radius 2 is 1.86 bits per heavy atom. The molecule has 2 heterocycles. The van der Waals surface area contributed by atoms with Crippen LogP contribution in [0.1, 0.15) is 56.2 Å². The number of hydrogen-bond acceptors (Lipinski definition) is 6. The van der Waals surface area contributed by atoms with Crippen molar-refractivity contribution >= 4 is 11.6 Å². The Hall–Kier alpha value is -3.36. The molecule has 1 aliphatic carbocycles. The van der Waals surface area contributed by atoms with Crippen molar-refractivity contribution in [2.24, 2.45) is 0 Å². The van der Waals surface area contributed by atoms with Gasteiger partial charge in [0.05, 0.1) is 23.3 Å². The van der Waals surface area contributed by atoms with Crippen LogP contribution in [-0.4, -0.2) is 72.3 Å². The van der Waals surface area contributed by atoms with Crippen LogP contribution in [-0.2, 0) is 22.1 Å². The van der Waals surface area contributed by atoms with Crippen LogP contribution in [0.2, 0.25) is 0 Å². The highest BCUT2D eigenvalue weighted by Gasteiger charge is 2.36. The molecule has 2 aromatic rings. The molecule has 3 aliphatic rings. The van der Waals surface area contributed by atoms with Gasteiger partial charge in [0, 0.05) is 55.4 Å². The molecule has 1 saturated heterocycles. The molecular weight excluding hydrogens is 552 g/mol. The summed E-state index contributed by atoms with van der Waals surface area (Å²) < 4.78 is 65.5. The standard InChI is InChI=1S/C31H36F4N4O3/c1-19-16-39(20(2)15-38(19)17-27-12-22-11-23(32)4-10-29(22)42-27)30(40)18-41-26-8-6-24(7-9-26)37-25-5-3-21(14-36)28(13-25)31(33,34)35/h3-5,10-11,13,19-20,24,26-27,37H,6-9,12,15-18H2,1-2H3/t19-,20+,24?,26?,27?/m0/s1. The molecule has 0 radical (unpaired) electrons. The van der Waals surface area contributed by atoms with Crippen LogP contribution < -0.4 is 10.1 Å². The van der Waals surface area contributed by atoms with Crippen LogP contribution in [0.5, 0.6) is 5.75 Å². The number of nitriles is 1. The van der Waals surface area contributed by atoms with Gasteiger partial charge in [0.1, 0.15) is 24.3 Å². The Morgan fingerprint density at radius 1 is 1.10 bits per heavy atom. The van der Waals surface area contributed by atoms with E-state index in [2.05, 4.69) is 17.1 Å². The van der Waals surface area contributed by atoms with Crippen molar-refractivity contribution in [3.05, 3.63) is 58.9 Å². The molecule has 226 valence electrons. The average Bonchev–Trinajstić information content (AvgIpc) is 3.35. The first-order chi connectivity index (χ1) is 20.0. The number of piperazine rings is 1. The van der Waals surface area contributed by atoms with E-state index in [4.69, 9.17) is 14.7 Å². The van der Waals surface area contributed by atoms with E-state index in [-0.39, 0.29) is 48.7 Å². The molecule has 3 atom stereocenters. The van der Waals surface area contributed by atoms with Crippen molar-refractivity contribution < 1.29 is 31.8 Å². The summed E-state index contributed by atoms with van der Waals surface area (Å²) in [6.07, 6.45) is -1.27. The van der Waals surface area contributed by atoms with Gasteiger partial charge < -0.3 is 19.7 Å². The number of carbonyl (C=O) groups excluding carboxylic acids is 1. The Kier molecular flexibility index (Phi) is 8.94. The second-order valence-corrected chi connectivity index (χ2v) is 11.7. The fourth-order valence-corrected chi connectivity index (χ4v) is 6.30. The summed E-state index contributed by atoms with van der Waals surface area (Å²) in [6.45, 7) is 6.11. The quantitative estimate of drug-likeness (QED) is 0.438. The number of carbonyl (C=O) groups is 1. The van der Waals surface area contributed by atoms with E-state index in [1.54, 1.807) is 12.1 Å². The van der Waals surface area contributed by atoms with Crippen LogP contribution >= 0.6 is 0 Å². The van der Waals surface area contributed by atoms with Gasteiger partial charge in [-0.1, -0.05) is 0 Å². The first-order valence-electron chi connectivity index (χ1n) is 14.5. The largest absolute Gasteiger partial charge is 0.488 e. The van der Waals surface area contributed by atoms with Crippen LogP contribution in [0.3, 0.4) is 0 Å². The third-order valence-electron chi connectivity index (χ3n) is 8.57. The predicted octanol–water partition coefficient (Wildman–Crippen LogP) is 5.38. The molecule has 1 unspecified atom stereocenters. The lowest BCUT2D eigenvalue weighted by atomic mass is 9.92. The maximum absolute atomic E-state index is 13.6. The molecular formula is C31H36F4N4O3. The zero-order valence-corrected chi connectivity index (χ0v) is 23.8. The summed E-state index contributed by atoms with van der Waals surface area (Å²) >= 11 is 0. The number of ether oxygens (including phenoxy) is 2. The number of rotatable bonds is 7. The molecule has 0 spiro atoms. The first kappa shape index (κ1) is 30.1. The van der Waals surface area contributed by atoms with E-state index in [1.165, 1.54) is 24.3 Å². The minimum atomic E-state index is -4.60. The minimum Gasteiger partial charge on any atom is -0.488 e. The van der Waals surface area contributed by atoms with Crippen molar-refractivity contribution in [1.29, 1.82) is 5.26 Å². The van der Waals surface area contributed by atoms with Crippen molar-refractivity contribution in [2.75, 3.05) is 31.6 Å². The van der Waals surface area contributed by atoms with E-state index in [0.29, 0.717) is 57.4 Å². The van der Waals surface area contributed by atoms with Crippen molar-refractivity contribution in [1.82, 2.24) is 9.80 Å². The summed E-state index contributed by atoms with van der Waals surface area (Å²) in [7, 11) is 0. The third kappa shape index (κ3) is 6.98. The molecule has 7 nitrogen and oxygen atoms in total. The highest BCUT2D eigenvalue weighted by molar-refractivity contribution is 5.78. The van der Waals surface area contributed by atoms with Crippen LogP contribution in [0.25, 0.3) is 0 Å². The minimum absolute atomic E-state index is 0.00298. The Balaban J connectivity index is 1.05. The van der Waals surface area contributed by atoms with Gasteiger partial charge in [-0.2, -0.15) is 18.4 Å². The molecule has 11 heteroatoms. The van der Waals surface area contributed by atoms with Gasteiger partial charge in [-0.15, -0.1) is 0 Å². The lowest BCUT2D eigenvalue weighted by Crippen LogP contribution is -2.60. The van der Waals surface area contributed by atoms with E-state index in [0.717, 1.165) is 17.4 Å². The lowest BCUT2D eigenvalue weighted by molar-refractivity contribution is -0.145. The molecule has 2 aromatic carbocycles. The van der Waals surface area contributed by atoms with Crippen LogP contribution in [0.4, 0.5) is 23.2 Å². The van der Waals surface area contributed by atoms with Gasteiger partial charge in [-0.25, -0.2) is 4.39 Å². The van der Waals surface area contributed by atoms with Crippen molar-refractivity contribution in [3.63, 3.8) is 0 Å². The predicted molar refractivity (Wildman–Crippen MR) is 149 cm³/mol. The van der Waals surface area contributed by atoms with Gasteiger partial charge in [-0.3, -0.25) is 9.69 Å². The van der Waals surface area contributed by atoms with Gasteiger partial charge in [0.2, 0.25) is 5.91 Å². The van der Waals surface area contributed by atoms with E-state index in [9.17, 15) is 22.4 Å². The highest BCUT2D eigenvalue weighted by atomic mass is 19.4. The molecule has 1 N–H and O–H groups in total. The molecule has 5 rings (SSSR count). The molecule has 2 fully saturated rings. The first-order valence-corrected chi connectivity index (χ1v) is 14.5. The number of nitrogens with one attached hydrogen (secondary N) is 1. The number of anilines is 1. The zero-order chi connectivity index (χ0) is 30.0. The summed E-state index contributed by atoms with van der Waals surface area (Å²) in [6, 6.07) is 10.0. The molecule has 0 aromatic heterocycles. The number of halogens is 4. The number of nitrogens with zero attached hydrogens (tertiary/aromatic N) is 3. The maximum Gasteiger partial charge on any atom is 0.417 e. The average molecular weight is 589 g/mol. The topological polar surface area (TPSA) is 77.8 Å². The molecule has 1 saturated carbocycles. The number of alkyl halides is 3. The monoisotopic (exact) mass is 588 g/mol. The second-order valence-electron chi connectivity index (χ2n) is 11.7. The van der Waals surface area contributed by atoms with Crippen LogP contribution in [0.15, 0.2) is 36.4 Å². The van der Waals surface area contributed by atoms with E-state index in [1.807, 2.05) is 11.8 Å². The highest BCUT2D eigenvalue weighted by Crippen LogP contribution is 2.35. The van der Waals surface area contributed by atoms with Crippen molar-refractivity contribution in [2.45, 2.75) is 82.5 Å². The van der Waals surface area contributed by atoms with E-state index < -0.39 is 17.3 Å². The second kappa shape index (κ2) is 12.5. The van der Waals surface area contributed by atoms with Gasteiger partial charge in [-0.05, 0) is 75.9 Å². The normalized spacial score (nSPS) is 26.3. The zero-order valence-electron chi connectivity index (χ0n) is 23.8. The van der Waals surface area contributed by atoms with Crippen LogP contribution in [0, 0.1) is 17.1 Å². The maximum atomic E-state index is 13.6. The third-order valence-corrected chi connectivity index (χ3v) is 8.57. The Labute approximate surface area is 243 Å². The SMILES string of the molecule is C[C@@H]1CN(CC2Cc3cc(F)ccc3O2)[C@@H](C)CN1C(=O)COC1CCC(Nc2ccc(C#N)c(C(F)(F)F)c2)CC1. The van der Waals surface area contributed by atoms with E-state index >= 15 is 0 Å². The number of amides is 1. The lowest BCUT2D eigenvalue weighted by Gasteiger charge is -2.44. The fraction of sp³-hybridized carbons (Fsp3) is 0.548. The van der Waals surface area contributed by atoms with Gasteiger partial charge in [0.15, 0.2) is 0 Å². The molecule has 2 aliphatic heterocycles. The molecule has 1 amide bonds. The van der Waals surface area contributed by atoms with Crippen molar-refractivity contribution in [3.8, 4) is 11.8 Å². The smallest absolute Gasteiger partial charge is 0.417 e.